The minimum absolute atomic E-state index is 0.0550. The number of carboxylic acid groups (broad SMARTS) is 1. The zero-order valence-electron chi connectivity index (χ0n) is 11.3. The average molecular weight is 297 g/mol. The molecule has 1 saturated heterocycles. The summed E-state index contributed by atoms with van der Waals surface area (Å²) in [7, 11) is 1.48. The molecule has 21 heavy (non-hydrogen) atoms. The molecule has 1 aliphatic rings. The Labute approximate surface area is 118 Å². The molecule has 2 unspecified atom stereocenters. The first-order chi connectivity index (χ1) is 9.88. The van der Waals surface area contributed by atoms with Gasteiger partial charge in [-0.3, -0.25) is 19.4 Å². The van der Waals surface area contributed by atoms with Crippen LogP contribution < -0.4 is 11.2 Å². The first kappa shape index (κ1) is 15.0. The summed E-state index contributed by atoms with van der Waals surface area (Å²) in [4.78, 5) is 51.1. The summed E-state index contributed by atoms with van der Waals surface area (Å²) < 4.78 is 5.10. The third kappa shape index (κ3) is 3.37. The van der Waals surface area contributed by atoms with Crippen molar-refractivity contribution in [2.45, 2.75) is 12.5 Å². The van der Waals surface area contributed by atoms with E-state index in [4.69, 9.17) is 9.84 Å². The Morgan fingerprint density at radius 3 is 2.71 bits per heavy atom. The number of H-pyrrole nitrogens is 2. The van der Waals surface area contributed by atoms with Gasteiger partial charge in [0, 0.05) is 18.8 Å². The maximum Gasteiger partial charge on any atom is 0.325 e. The smallest absolute Gasteiger partial charge is 0.325 e. The molecule has 0 spiro atoms. The van der Waals surface area contributed by atoms with Crippen LogP contribution in [0.4, 0.5) is 0 Å². The van der Waals surface area contributed by atoms with Gasteiger partial charge >= 0.3 is 11.7 Å². The summed E-state index contributed by atoms with van der Waals surface area (Å²) in [6.07, 6.45) is -0.196. The molecule has 0 radical (unpaired) electrons. The zero-order chi connectivity index (χ0) is 15.6. The lowest BCUT2D eigenvalue weighted by Gasteiger charge is -2.26. The molecule has 1 aromatic heterocycles. The van der Waals surface area contributed by atoms with E-state index in [9.17, 15) is 19.2 Å². The molecule has 0 aromatic carbocycles. The Bertz CT molecular complexity index is 635. The molecule has 2 heterocycles. The van der Waals surface area contributed by atoms with Crippen molar-refractivity contribution in [2.75, 3.05) is 20.3 Å². The Balaban J connectivity index is 2.10. The van der Waals surface area contributed by atoms with Gasteiger partial charge in [-0.1, -0.05) is 0 Å². The van der Waals surface area contributed by atoms with Gasteiger partial charge < -0.3 is 19.7 Å². The molecule has 114 valence electrons. The lowest BCUT2D eigenvalue weighted by molar-refractivity contribution is -0.144. The number of hydrogen-bond acceptors (Lipinski definition) is 5. The molecule has 2 atom stereocenters. The van der Waals surface area contributed by atoms with E-state index in [0.29, 0.717) is 0 Å². The number of rotatable bonds is 4. The number of likely N-dealkylation sites (N-methyl/N-ethyl adjacent to an activating group) is 1. The van der Waals surface area contributed by atoms with E-state index in [0.717, 1.165) is 6.07 Å². The first-order valence-corrected chi connectivity index (χ1v) is 6.27. The second-order valence-corrected chi connectivity index (χ2v) is 4.84. The van der Waals surface area contributed by atoms with Gasteiger partial charge in [0.25, 0.3) is 5.56 Å². The molecule has 0 bridgehead atoms. The average Bonchev–Trinajstić information content (AvgIpc) is 2.85. The molecule has 1 fully saturated rings. The van der Waals surface area contributed by atoms with Crippen LogP contribution in [0.15, 0.2) is 15.7 Å². The van der Waals surface area contributed by atoms with Crippen molar-refractivity contribution in [2.24, 2.45) is 5.92 Å². The predicted molar refractivity (Wildman–Crippen MR) is 69.9 cm³/mol. The third-order valence-corrected chi connectivity index (χ3v) is 3.42. The second-order valence-electron chi connectivity index (χ2n) is 4.84. The molecule has 2 rings (SSSR count). The van der Waals surface area contributed by atoms with Crippen LogP contribution in [-0.4, -0.2) is 58.2 Å². The molecule has 1 aromatic rings. The molecule has 1 aliphatic heterocycles. The number of nitrogens with one attached hydrogen (secondary N) is 2. The van der Waals surface area contributed by atoms with Crippen molar-refractivity contribution in [3.05, 3.63) is 32.6 Å². The van der Waals surface area contributed by atoms with Crippen LogP contribution in [0.25, 0.3) is 0 Å². The normalized spacial score (nSPS) is 21.2. The van der Waals surface area contributed by atoms with Gasteiger partial charge in [0.1, 0.15) is 5.92 Å². The minimum atomic E-state index is -1.03. The van der Waals surface area contributed by atoms with Crippen molar-refractivity contribution in [3.63, 3.8) is 0 Å². The van der Waals surface area contributed by atoms with Gasteiger partial charge in [-0.25, -0.2) is 4.79 Å². The fourth-order valence-corrected chi connectivity index (χ4v) is 2.25. The molecular formula is C12H15N3O6. The molecule has 9 heteroatoms. The highest BCUT2D eigenvalue weighted by Gasteiger charge is 2.38. The summed E-state index contributed by atoms with van der Waals surface area (Å²) >= 11 is 0. The van der Waals surface area contributed by atoms with Crippen LogP contribution in [0.2, 0.25) is 0 Å². The van der Waals surface area contributed by atoms with Crippen molar-refractivity contribution < 1.29 is 19.4 Å². The lowest BCUT2D eigenvalue weighted by Crippen LogP contribution is -2.45. The maximum atomic E-state index is 12.1. The highest BCUT2D eigenvalue weighted by Crippen LogP contribution is 2.19. The number of carbonyl (C=O) groups is 2. The minimum Gasteiger partial charge on any atom is -0.481 e. The van der Waals surface area contributed by atoms with E-state index in [1.165, 1.54) is 11.9 Å². The van der Waals surface area contributed by atoms with Gasteiger partial charge in [0.2, 0.25) is 5.91 Å². The molecule has 0 saturated carbocycles. The topological polar surface area (TPSA) is 133 Å². The number of nitrogens with zero attached hydrogens (tertiary/aromatic N) is 1. The van der Waals surface area contributed by atoms with Crippen molar-refractivity contribution >= 4 is 11.9 Å². The maximum absolute atomic E-state index is 12.1. The number of aliphatic carboxylic acids is 1. The van der Waals surface area contributed by atoms with E-state index in [-0.39, 0.29) is 25.3 Å². The number of aromatic amines is 2. The number of carbonyl (C=O) groups excluding carboxylic acids is 1. The summed E-state index contributed by atoms with van der Waals surface area (Å²) in [6, 6.07) is 0.552. The number of amides is 1. The van der Waals surface area contributed by atoms with Crippen LogP contribution in [0.1, 0.15) is 5.69 Å². The fraction of sp³-hybridized carbons (Fsp3) is 0.500. The van der Waals surface area contributed by atoms with E-state index >= 15 is 0 Å². The van der Waals surface area contributed by atoms with Gasteiger partial charge in [-0.15, -0.1) is 0 Å². The third-order valence-electron chi connectivity index (χ3n) is 3.42. The second kappa shape index (κ2) is 5.92. The largest absolute Gasteiger partial charge is 0.481 e. The van der Waals surface area contributed by atoms with Gasteiger partial charge in [0.05, 0.1) is 25.7 Å². The van der Waals surface area contributed by atoms with E-state index in [1.807, 2.05) is 4.98 Å². The van der Waals surface area contributed by atoms with Gasteiger partial charge in [-0.05, 0) is 0 Å². The summed E-state index contributed by atoms with van der Waals surface area (Å²) in [5, 5.41) is 9.07. The van der Waals surface area contributed by atoms with Gasteiger partial charge in [0.15, 0.2) is 0 Å². The monoisotopic (exact) mass is 297 g/mol. The highest BCUT2D eigenvalue weighted by molar-refractivity contribution is 5.80. The molecular weight excluding hydrogens is 282 g/mol. The zero-order valence-corrected chi connectivity index (χ0v) is 11.3. The number of ether oxygens (including phenoxy) is 1. The van der Waals surface area contributed by atoms with Crippen molar-refractivity contribution in [1.29, 1.82) is 0 Å². The SMILES string of the molecule is CN(C(=O)Cc1cc(=O)[nH]c(=O)[nH]1)C1COCC1C(=O)O. The Morgan fingerprint density at radius 1 is 1.38 bits per heavy atom. The van der Waals surface area contributed by atoms with Crippen LogP contribution >= 0.6 is 0 Å². The predicted octanol–water partition coefficient (Wildman–Crippen LogP) is -1.84. The summed E-state index contributed by atoms with van der Waals surface area (Å²) in [6.45, 7) is 0.199. The molecule has 0 aliphatic carbocycles. The molecule has 1 amide bonds. The summed E-state index contributed by atoms with van der Waals surface area (Å²) in [5.41, 5.74) is -1.12. The van der Waals surface area contributed by atoms with Crippen LogP contribution in [-0.2, 0) is 20.7 Å². The number of aromatic nitrogens is 2. The van der Waals surface area contributed by atoms with Crippen LogP contribution in [0.5, 0.6) is 0 Å². The highest BCUT2D eigenvalue weighted by atomic mass is 16.5. The number of hydrogen-bond donors (Lipinski definition) is 3. The van der Waals surface area contributed by atoms with Crippen molar-refractivity contribution in [1.82, 2.24) is 14.9 Å². The molecule has 9 nitrogen and oxygen atoms in total. The van der Waals surface area contributed by atoms with E-state index in [2.05, 4.69) is 4.98 Å². The Hall–Kier alpha value is -2.42. The Morgan fingerprint density at radius 2 is 2.10 bits per heavy atom. The van der Waals surface area contributed by atoms with Gasteiger partial charge in [-0.2, -0.15) is 0 Å². The molecule has 3 N–H and O–H groups in total. The lowest BCUT2D eigenvalue weighted by atomic mass is 10.0. The Kier molecular flexibility index (Phi) is 4.22. The van der Waals surface area contributed by atoms with E-state index in [1.54, 1.807) is 0 Å². The first-order valence-electron chi connectivity index (χ1n) is 6.27. The van der Waals surface area contributed by atoms with Crippen LogP contribution in [0.3, 0.4) is 0 Å². The van der Waals surface area contributed by atoms with E-state index < -0.39 is 35.1 Å². The quantitative estimate of drug-likeness (QED) is 0.598. The van der Waals surface area contributed by atoms with Crippen LogP contribution in [0, 0.1) is 5.92 Å². The standard InChI is InChI=1S/C12H15N3O6/c1-15(8-5-21-4-7(8)11(18)19)10(17)3-6-2-9(16)14-12(20)13-6/h2,7-8H,3-5H2,1H3,(H,18,19)(H2,13,14,16,20). The fourth-order valence-electron chi connectivity index (χ4n) is 2.25. The number of carboxylic acids is 1. The summed E-state index contributed by atoms with van der Waals surface area (Å²) in [5.74, 6) is -2.21. The van der Waals surface area contributed by atoms with Crippen molar-refractivity contribution in [3.8, 4) is 0 Å².